The number of benzene rings is 5. The Morgan fingerprint density at radius 3 is 1.81 bits per heavy atom. The van der Waals surface area contributed by atoms with Gasteiger partial charge in [-0.05, 0) is 106 Å². The Morgan fingerprint density at radius 2 is 1.24 bits per heavy atom. The summed E-state index contributed by atoms with van der Waals surface area (Å²) in [4.78, 5) is 0. The molecular weight excluding hydrogens is 504 g/mol. The summed E-state index contributed by atoms with van der Waals surface area (Å²) in [6.45, 7) is 10.8. The van der Waals surface area contributed by atoms with Crippen LogP contribution in [-0.2, 0) is 5.41 Å². The number of allylic oxidation sites excluding steroid dienone is 1. The number of aryl methyl sites for hydroxylation is 1. The molecule has 2 atom stereocenters. The highest BCUT2D eigenvalue weighted by atomic mass is 14.5. The second-order valence-corrected chi connectivity index (χ2v) is 12.1. The van der Waals surface area contributed by atoms with Crippen molar-refractivity contribution in [2.75, 3.05) is 0 Å². The molecule has 6 rings (SSSR count). The number of hydrogen-bond acceptors (Lipinski definition) is 0. The monoisotopic (exact) mass is 546 g/mol. The molecule has 0 N–H and O–H groups in total. The van der Waals surface area contributed by atoms with Crippen LogP contribution in [0.15, 0.2) is 128 Å². The normalized spacial score (nSPS) is 16.1. The Bertz CT molecular complexity index is 1670. The summed E-state index contributed by atoms with van der Waals surface area (Å²) in [5.41, 5.74) is 14.6. The molecule has 0 spiro atoms. The van der Waals surface area contributed by atoms with Crippen LogP contribution in [0.4, 0.5) is 0 Å². The van der Waals surface area contributed by atoms with E-state index in [0.29, 0.717) is 5.92 Å². The van der Waals surface area contributed by atoms with Gasteiger partial charge in [0.2, 0.25) is 0 Å². The van der Waals surface area contributed by atoms with E-state index in [2.05, 4.69) is 149 Å². The predicted molar refractivity (Wildman–Crippen MR) is 181 cm³/mol. The molecule has 0 heteroatoms. The zero-order chi connectivity index (χ0) is 29.1. The van der Waals surface area contributed by atoms with Crippen molar-refractivity contribution in [3.63, 3.8) is 0 Å². The molecule has 0 aliphatic heterocycles. The molecule has 0 saturated carbocycles. The SMILES string of the molecule is C=CCCCCC1(c2ccc(C)cc2)c2cc(-c3ccccc3)ccc2-c2ccc(-c3ccc(C(C)CC)cc3)cc21. The Kier molecular flexibility index (Phi) is 7.98. The van der Waals surface area contributed by atoms with Gasteiger partial charge >= 0.3 is 0 Å². The lowest BCUT2D eigenvalue weighted by Gasteiger charge is -2.34. The van der Waals surface area contributed by atoms with Crippen LogP contribution in [0, 0.1) is 6.92 Å². The molecule has 2 unspecified atom stereocenters. The molecule has 1 aliphatic carbocycles. The zero-order valence-corrected chi connectivity index (χ0v) is 25.4. The third-order valence-corrected chi connectivity index (χ3v) is 9.54. The first kappa shape index (κ1) is 28.0. The second kappa shape index (κ2) is 12.0. The fraction of sp³-hybridized carbons (Fsp3) is 0.238. The van der Waals surface area contributed by atoms with Crippen LogP contribution in [0.2, 0.25) is 0 Å². The van der Waals surface area contributed by atoms with Gasteiger partial charge in [0.05, 0.1) is 0 Å². The highest BCUT2D eigenvalue weighted by molar-refractivity contribution is 5.88. The smallest absolute Gasteiger partial charge is 0.0464 e. The first-order valence-corrected chi connectivity index (χ1v) is 15.7. The molecule has 210 valence electrons. The lowest BCUT2D eigenvalue weighted by Crippen LogP contribution is -2.27. The van der Waals surface area contributed by atoms with Gasteiger partial charge in [0, 0.05) is 5.41 Å². The van der Waals surface area contributed by atoms with E-state index in [0.717, 1.165) is 32.1 Å². The maximum absolute atomic E-state index is 4.00. The Morgan fingerprint density at radius 1 is 0.667 bits per heavy atom. The summed E-state index contributed by atoms with van der Waals surface area (Å²) in [5, 5.41) is 0. The predicted octanol–water partition coefficient (Wildman–Crippen LogP) is 11.9. The molecule has 42 heavy (non-hydrogen) atoms. The third-order valence-electron chi connectivity index (χ3n) is 9.54. The summed E-state index contributed by atoms with van der Waals surface area (Å²) in [5.74, 6) is 0.581. The lowest BCUT2D eigenvalue weighted by atomic mass is 9.68. The molecular formula is C42H42. The first-order valence-electron chi connectivity index (χ1n) is 15.7. The summed E-state index contributed by atoms with van der Waals surface area (Å²) in [7, 11) is 0. The van der Waals surface area contributed by atoms with Crippen LogP contribution in [0.1, 0.15) is 79.7 Å². The Labute approximate surface area is 252 Å². The fourth-order valence-corrected chi connectivity index (χ4v) is 6.88. The molecule has 1 aliphatic rings. The van der Waals surface area contributed by atoms with Gasteiger partial charge in [-0.15, -0.1) is 6.58 Å². The van der Waals surface area contributed by atoms with Crippen molar-refractivity contribution in [3.8, 4) is 33.4 Å². The molecule has 5 aromatic rings. The van der Waals surface area contributed by atoms with Gasteiger partial charge in [-0.25, -0.2) is 0 Å². The number of fused-ring (bicyclic) bond motifs is 3. The average molecular weight is 547 g/mol. The maximum atomic E-state index is 4.00. The maximum Gasteiger partial charge on any atom is 0.0464 e. The fourth-order valence-electron chi connectivity index (χ4n) is 6.88. The summed E-state index contributed by atoms with van der Waals surface area (Å²) >= 11 is 0. The molecule has 0 radical (unpaired) electrons. The van der Waals surface area contributed by atoms with E-state index in [1.807, 2.05) is 0 Å². The molecule has 5 aromatic carbocycles. The first-order chi connectivity index (χ1) is 20.5. The van der Waals surface area contributed by atoms with Crippen molar-refractivity contribution in [2.24, 2.45) is 0 Å². The molecule has 0 saturated heterocycles. The van der Waals surface area contributed by atoms with E-state index in [4.69, 9.17) is 0 Å². The van der Waals surface area contributed by atoms with Crippen LogP contribution in [-0.4, -0.2) is 0 Å². The number of rotatable bonds is 10. The standard InChI is InChI=1S/C42H42/c1-5-7-8-12-27-42(37-23-15-30(3)16-24-37)40-28-35(33-13-10-9-11-14-33)21-25-38(40)39-26-22-36(29-41(39)42)34-19-17-32(18-20-34)31(4)6-2/h5,9-11,13-26,28-29,31H,1,6-8,12,27H2,2-4H3. The molecule has 0 fully saturated rings. The van der Waals surface area contributed by atoms with E-state index in [1.54, 1.807) is 0 Å². The Hall–Kier alpha value is -4.16. The van der Waals surface area contributed by atoms with Crippen molar-refractivity contribution >= 4 is 0 Å². The minimum Gasteiger partial charge on any atom is -0.103 e. The molecule has 0 aromatic heterocycles. The minimum absolute atomic E-state index is 0.211. The highest BCUT2D eigenvalue weighted by Gasteiger charge is 2.44. The van der Waals surface area contributed by atoms with Gasteiger partial charge in [0.15, 0.2) is 0 Å². The zero-order valence-electron chi connectivity index (χ0n) is 25.4. The van der Waals surface area contributed by atoms with Crippen molar-refractivity contribution in [3.05, 3.63) is 156 Å². The number of hydrogen-bond donors (Lipinski definition) is 0. The molecule has 0 amide bonds. The molecule has 0 heterocycles. The van der Waals surface area contributed by atoms with Gasteiger partial charge in [-0.3, -0.25) is 0 Å². The lowest BCUT2D eigenvalue weighted by molar-refractivity contribution is 0.530. The van der Waals surface area contributed by atoms with Crippen molar-refractivity contribution in [1.82, 2.24) is 0 Å². The van der Waals surface area contributed by atoms with Gasteiger partial charge in [0.25, 0.3) is 0 Å². The summed E-state index contributed by atoms with van der Waals surface area (Å²) in [6, 6.07) is 43.8. The van der Waals surface area contributed by atoms with Crippen LogP contribution in [0.3, 0.4) is 0 Å². The van der Waals surface area contributed by atoms with Crippen molar-refractivity contribution < 1.29 is 0 Å². The summed E-state index contributed by atoms with van der Waals surface area (Å²) in [6.07, 6.45) is 7.63. The highest BCUT2D eigenvalue weighted by Crippen LogP contribution is 2.56. The van der Waals surface area contributed by atoms with Crippen LogP contribution >= 0.6 is 0 Å². The van der Waals surface area contributed by atoms with E-state index in [9.17, 15) is 0 Å². The molecule has 0 bridgehead atoms. The largest absolute Gasteiger partial charge is 0.103 e. The minimum atomic E-state index is -0.211. The quantitative estimate of drug-likeness (QED) is 0.121. The van der Waals surface area contributed by atoms with Gasteiger partial charge in [-0.1, -0.05) is 135 Å². The van der Waals surface area contributed by atoms with Gasteiger partial charge in [-0.2, -0.15) is 0 Å². The van der Waals surface area contributed by atoms with Crippen LogP contribution in [0.25, 0.3) is 33.4 Å². The molecule has 0 nitrogen and oxygen atoms in total. The van der Waals surface area contributed by atoms with Gasteiger partial charge < -0.3 is 0 Å². The summed E-state index contributed by atoms with van der Waals surface area (Å²) < 4.78 is 0. The van der Waals surface area contributed by atoms with Crippen molar-refractivity contribution in [2.45, 2.75) is 64.2 Å². The van der Waals surface area contributed by atoms with Crippen LogP contribution < -0.4 is 0 Å². The average Bonchev–Trinajstić information content (AvgIpc) is 3.32. The van der Waals surface area contributed by atoms with Crippen molar-refractivity contribution in [1.29, 1.82) is 0 Å². The van der Waals surface area contributed by atoms with E-state index >= 15 is 0 Å². The van der Waals surface area contributed by atoms with E-state index in [-0.39, 0.29) is 5.41 Å². The van der Waals surface area contributed by atoms with Crippen LogP contribution in [0.5, 0.6) is 0 Å². The topological polar surface area (TPSA) is 0 Å². The Balaban J connectivity index is 1.56. The van der Waals surface area contributed by atoms with E-state index in [1.165, 1.54) is 61.2 Å². The van der Waals surface area contributed by atoms with Gasteiger partial charge in [0.1, 0.15) is 0 Å². The number of unbranched alkanes of at least 4 members (excludes halogenated alkanes) is 2. The second-order valence-electron chi connectivity index (χ2n) is 12.1. The van der Waals surface area contributed by atoms with E-state index < -0.39 is 0 Å². The third kappa shape index (κ3) is 5.05.